The molecule has 0 aliphatic heterocycles. The van der Waals surface area contributed by atoms with E-state index in [-0.39, 0.29) is 12.5 Å². The van der Waals surface area contributed by atoms with E-state index >= 15 is 0 Å². The van der Waals surface area contributed by atoms with Gasteiger partial charge in [-0.1, -0.05) is 29.8 Å². The molecule has 25 heavy (non-hydrogen) atoms. The minimum Gasteiger partial charge on any atom is -0.358 e. The number of nitrogens with one attached hydrogen (secondary N) is 1. The highest BCUT2D eigenvalue weighted by Gasteiger charge is 2.16. The molecule has 0 unspecified atom stereocenters. The predicted octanol–water partition coefficient (Wildman–Crippen LogP) is 2.22. The van der Waals surface area contributed by atoms with E-state index in [2.05, 4.69) is 10.3 Å². The molecule has 1 amide bonds. The SMILES string of the molecule is CNC(=O)CN(C)c1nc(=O)n(-c2ccccc2)c2cc(Cl)ccc12. The summed E-state index contributed by atoms with van der Waals surface area (Å²) in [7, 11) is 3.28. The standard InChI is InChI=1S/C18H17ClN4O2/c1-20-16(24)11-22(2)17-14-9-8-12(19)10-15(14)23(18(25)21-17)13-6-4-3-5-7-13/h3-10H,11H2,1-2H3,(H,20,24). The Bertz CT molecular complexity index is 986. The molecule has 1 N–H and O–H groups in total. The number of hydrogen-bond acceptors (Lipinski definition) is 4. The lowest BCUT2D eigenvalue weighted by Gasteiger charge is -2.20. The number of carbonyl (C=O) groups excluding carboxylic acids is 1. The van der Waals surface area contributed by atoms with Gasteiger partial charge in [0.15, 0.2) is 0 Å². The Kier molecular flexibility index (Phi) is 4.72. The summed E-state index contributed by atoms with van der Waals surface area (Å²) in [5.41, 5.74) is 0.907. The Morgan fingerprint density at radius 2 is 1.96 bits per heavy atom. The summed E-state index contributed by atoms with van der Waals surface area (Å²) < 4.78 is 1.51. The van der Waals surface area contributed by atoms with Gasteiger partial charge in [0.05, 0.1) is 17.7 Å². The van der Waals surface area contributed by atoms with Crippen LogP contribution in [0.3, 0.4) is 0 Å². The van der Waals surface area contributed by atoms with E-state index in [1.807, 2.05) is 30.3 Å². The highest BCUT2D eigenvalue weighted by atomic mass is 35.5. The summed E-state index contributed by atoms with van der Waals surface area (Å²) in [6, 6.07) is 14.5. The van der Waals surface area contributed by atoms with Gasteiger partial charge in [-0.05, 0) is 30.3 Å². The zero-order chi connectivity index (χ0) is 18.0. The number of hydrogen-bond donors (Lipinski definition) is 1. The first kappa shape index (κ1) is 17.0. The van der Waals surface area contributed by atoms with Crippen molar-refractivity contribution in [3.8, 4) is 5.69 Å². The van der Waals surface area contributed by atoms with Crippen molar-refractivity contribution < 1.29 is 4.79 Å². The molecule has 0 spiro atoms. The van der Waals surface area contributed by atoms with Crippen molar-refractivity contribution in [3.63, 3.8) is 0 Å². The quantitative estimate of drug-likeness (QED) is 0.778. The molecule has 0 fully saturated rings. The van der Waals surface area contributed by atoms with Crippen LogP contribution in [0.4, 0.5) is 5.82 Å². The molecule has 0 saturated carbocycles. The van der Waals surface area contributed by atoms with Crippen LogP contribution in [0.25, 0.3) is 16.6 Å². The first-order valence-corrected chi connectivity index (χ1v) is 8.08. The highest BCUT2D eigenvalue weighted by Crippen LogP contribution is 2.26. The van der Waals surface area contributed by atoms with Gasteiger partial charge in [-0.2, -0.15) is 4.98 Å². The van der Waals surface area contributed by atoms with Crippen molar-refractivity contribution in [2.24, 2.45) is 0 Å². The number of amides is 1. The zero-order valence-corrected chi connectivity index (χ0v) is 14.6. The fourth-order valence-electron chi connectivity index (χ4n) is 2.67. The first-order chi connectivity index (χ1) is 12.0. The maximum absolute atomic E-state index is 12.7. The van der Waals surface area contributed by atoms with E-state index < -0.39 is 5.69 Å². The number of nitrogens with zero attached hydrogens (tertiary/aromatic N) is 3. The fourth-order valence-corrected chi connectivity index (χ4v) is 2.84. The second kappa shape index (κ2) is 6.94. The summed E-state index contributed by atoms with van der Waals surface area (Å²) in [5.74, 6) is 0.270. The minimum absolute atomic E-state index is 0.0933. The molecule has 1 heterocycles. The maximum Gasteiger partial charge on any atom is 0.354 e. The van der Waals surface area contributed by atoms with Crippen LogP contribution in [0.15, 0.2) is 53.3 Å². The van der Waals surface area contributed by atoms with E-state index in [0.29, 0.717) is 22.0 Å². The van der Waals surface area contributed by atoms with E-state index in [4.69, 9.17) is 11.6 Å². The van der Waals surface area contributed by atoms with Gasteiger partial charge < -0.3 is 10.2 Å². The second-order valence-electron chi connectivity index (χ2n) is 5.58. The Labute approximate surface area is 149 Å². The second-order valence-corrected chi connectivity index (χ2v) is 6.02. The lowest BCUT2D eigenvalue weighted by atomic mass is 10.2. The van der Waals surface area contributed by atoms with Crippen LogP contribution in [-0.4, -0.2) is 36.1 Å². The van der Waals surface area contributed by atoms with E-state index in [0.717, 1.165) is 5.39 Å². The van der Waals surface area contributed by atoms with Crippen molar-refractivity contribution in [2.75, 3.05) is 25.5 Å². The van der Waals surface area contributed by atoms with Crippen molar-refractivity contribution in [1.29, 1.82) is 0 Å². The summed E-state index contributed by atoms with van der Waals surface area (Å²) in [6.07, 6.45) is 0. The molecule has 0 aliphatic rings. The smallest absolute Gasteiger partial charge is 0.354 e. The molecule has 6 nitrogen and oxygen atoms in total. The Balaban J connectivity index is 2.26. The van der Waals surface area contributed by atoms with Gasteiger partial charge in [-0.25, -0.2) is 4.79 Å². The van der Waals surface area contributed by atoms with Crippen molar-refractivity contribution >= 4 is 34.2 Å². The van der Waals surface area contributed by atoms with Gasteiger partial charge in [0, 0.05) is 24.5 Å². The number of benzene rings is 2. The molecule has 0 atom stereocenters. The van der Waals surface area contributed by atoms with E-state index in [1.165, 1.54) is 4.57 Å². The zero-order valence-electron chi connectivity index (χ0n) is 13.9. The molecule has 0 radical (unpaired) electrons. The highest BCUT2D eigenvalue weighted by molar-refractivity contribution is 6.31. The molecule has 0 saturated heterocycles. The summed E-state index contributed by atoms with van der Waals surface area (Å²) in [5, 5.41) is 3.81. The minimum atomic E-state index is -0.431. The number of halogens is 1. The van der Waals surface area contributed by atoms with Gasteiger partial charge in [0.1, 0.15) is 5.82 Å². The molecule has 3 rings (SSSR count). The summed E-state index contributed by atoms with van der Waals surface area (Å²) in [6.45, 7) is 0.0933. The average molecular weight is 357 g/mol. The third-order valence-corrected chi connectivity index (χ3v) is 4.11. The molecule has 128 valence electrons. The fraction of sp³-hybridized carbons (Fsp3) is 0.167. The van der Waals surface area contributed by atoms with Crippen molar-refractivity contribution in [1.82, 2.24) is 14.9 Å². The largest absolute Gasteiger partial charge is 0.358 e. The van der Waals surface area contributed by atoms with E-state index in [1.54, 1.807) is 37.2 Å². The summed E-state index contributed by atoms with van der Waals surface area (Å²) >= 11 is 6.16. The van der Waals surface area contributed by atoms with Gasteiger partial charge in [0.25, 0.3) is 0 Å². The molecule has 0 bridgehead atoms. The van der Waals surface area contributed by atoms with Crippen LogP contribution >= 0.6 is 11.6 Å². The third-order valence-electron chi connectivity index (χ3n) is 3.87. The van der Waals surface area contributed by atoms with Crippen LogP contribution in [0.2, 0.25) is 5.02 Å². The third kappa shape index (κ3) is 3.34. The molecular weight excluding hydrogens is 340 g/mol. The monoisotopic (exact) mass is 356 g/mol. The number of para-hydroxylation sites is 1. The van der Waals surface area contributed by atoms with Crippen LogP contribution < -0.4 is 15.9 Å². The Morgan fingerprint density at radius 1 is 1.24 bits per heavy atom. The van der Waals surface area contributed by atoms with Crippen LogP contribution in [0, 0.1) is 0 Å². The van der Waals surface area contributed by atoms with Crippen molar-refractivity contribution in [2.45, 2.75) is 0 Å². The van der Waals surface area contributed by atoms with Gasteiger partial charge >= 0.3 is 5.69 Å². The van der Waals surface area contributed by atoms with Crippen LogP contribution in [-0.2, 0) is 4.79 Å². The van der Waals surface area contributed by atoms with Crippen LogP contribution in [0.5, 0.6) is 0 Å². The van der Waals surface area contributed by atoms with Gasteiger partial charge in [-0.3, -0.25) is 9.36 Å². The Morgan fingerprint density at radius 3 is 2.64 bits per heavy atom. The molecule has 3 aromatic rings. The molecule has 0 aliphatic carbocycles. The van der Waals surface area contributed by atoms with E-state index in [9.17, 15) is 9.59 Å². The van der Waals surface area contributed by atoms with Crippen LogP contribution in [0.1, 0.15) is 0 Å². The maximum atomic E-state index is 12.7. The molecule has 1 aromatic heterocycles. The number of anilines is 1. The average Bonchev–Trinajstić information content (AvgIpc) is 2.61. The summed E-state index contributed by atoms with van der Waals surface area (Å²) in [4.78, 5) is 30.2. The van der Waals surface area contributed by atoms with Gasteiger partial charge in [0.2, 0.25) is 5.91 Å². The predicted molar refractivity (Wildman–Crippen MR) is 99.7 cm³/mol. The lowest BCUT2D eigenvalue weighted by Crippen LogP contribution is -2.35. The van der Waals surface area contributed by atoms with Crippen molar-refractivity contribution in [3.05, 3.63) is 64.0 Å². The molecular formula is C18H17ClN4O2. The number of rotatable bonds is 4. The number of aromatic nitrogens is 2. The lowest BCUT2D eigenvalue weighted by molar-refractivity contribution is -0.119. The normalized spacial score (nSPS) is 10.7. The first-order valence-electron chi connectivity index (χ1n) is 7.70. The Hall–Kier alpha value is -2.86. The molecule has 2 aromatic carbocycles. The number of carbonyl (C=O) groups is 1. The van der Waals surface area contributed by atoms with Gasteiger partial charge in [-0.15, -0.1) is 0 Å². The topological polar surface area (TPSA) is 67.2 Å². The molecule has 7 heteroatoms. The number of fused-ring (bicyclic) bond motifs is 1. The number of likely N-dealkylation sites (N-methyl/N-ethyl adjacent to an activating group) is 2.